The Morgan fingerprint density at radius 3 is 2.43 bits per heavy atom. The lowest BCUT2D eigenvalue weighted by Gasteiger charge is -2.14. The van der Waals surface area contributed by atoms with Gasteiger partial charge in [-0.25, -0.2) is 4.39 Å². The molecule has 0 saturated heterocycles. The minimum Gasteiger partial charge on any atom is -0.493 e. The van der Waals surface area contributed by atoms with E-state index in [1.165, 1.54) is 19.2 Å². The van der Waals surface area contributed by atoms with Crippen LogP contribution in [0, 0.1) is 5.82 Å². The largest absolute Gasteiger partial charge is 0.493 e. The average molecular weight is 317 g/mol. The van der Waals surface area contributed by atoms with Crippen molar-refractivity contribution < 1.29 is 18.7 Å². The SMILES string of the molecule is COc1cc(C(=O)NCc2ccc(F)cc2)ccc1OC(C)C. The zero-order valence-corrected chi connectivity index (χ0v) is 13.4. The van der Waals surface area contributed by atoms with Gasteiger partial charge in [-0.15, -0.1) is 0 Å². The minimum absolute atomic E-state index is 0.0158. The van der Waals surface area contributed by atoms with Crippen molar-refractivity contribution in [2.45, 2.75) is 26.5 Å². The summed E-state index contributed by atoms with van der Waals surface area (Å²) in [4.78, 5) is 12.2. The molecule has 23 heavy (non-hydrogen) atoms. The van der Waals surface area contributed by atoms with Crippen LogP contribution in [0.25, 0.3) is 0 Å². The van der Waals surface area contributed by atoms with Crippen molar-refractivity contribution in [2.24, 2.45) is 0 Å². The maximum absolute atomic E-state index is 12.8. The van der Waals surface area contributed by atoms with Gasteiger partial charge in [-0.1, -0.05) is 12.1 Å². The molecule has 0 fully saturated rings. The van der Waals surface area contributed by atoms with Crippen molar-refractivity contribution in [3.63, 3.8) is 0 Å². The van der Waals surface area contributed by atoms with Gasteiger partial charge in [0.2, 0.25) is 0 Å². The van der Waals surface area contributed by atoms with E-state index >= 15 is 0 Å². The lowest BCUT2D eigenvalue weighted by molar-refractivity contribution is 0.0950. The first kappa shape index (κ1) is 16.8. The number of carbonyl (C=O) groups excluding carboxylic acids is 1. The molecule has 0 aliphatic carbocycles. The number of amides is 1. The van der Waals surface area contributed by atoms with Crippen LogP contribution in [-0.2, 0) is 6.54 Å². The third-order valence-corrected chi connectivity index (χ3v) is 3.15. The number of nitrogens with one attached hydrogen (secondary N) is 1. The lowest BCUT2D eigenvalue weighted by atomic mass is 10.1. The van der Waals surface area contributed by atoms with Crippen LogP contribution in [0.5, 0.6) is 11.5 Å². The summed E-state index contributed by atoms with van der Waals surface area (Å²) in [5.74, 6) is 0.569. The van der Waals surface area contributed by atoms with Gasteiger partial charge in [0.15, 0.2) is 11.5 Å². The zero-order valence-electron chi connectivity index (χ0n) is 13.4. The quantitative estimate of drug-likeness (QED) is 0.886. The zero-order chi connectivity index (χ0) is 16.8. The number of benzene rings is 2. The number of hydrogen-bond donors (Lipinski definition) is 1. The van der Waals surface area contributed by atoms with E-state index in [9.17, 15) is 9.18 Å². The molecule has 122 valence electrons. The second-order valence-electron chi connectivity index (χ2n) is 5.34. The molecular formula is C18H20FNO3. The van der Waals surface area contributed by atoms with Crippen LogP contribution in [0.15, 0.2) is 42.5 Å². The third-order valence-electron chi connectivity index (χ3n) is 3.15. The Hall–Kier alpha value is -2.56. The molecule has 0 aliphatic rings. The Morgan fingerprint density at radius 2 is 1.83 bits per heavy atom. The van der Waals surface area contributed by atoms with Crippen molar-refractivity contribution in [1.29, 1.82) is 0 Å². The van der Waals surface area contributed by atoms with Crippen LogP contribution in [0.2, 0.25) is 0 Å². The highest BCUT2D eigenvalue weighted by molar-refractivity contribution is 5.94. The molecule has 2 rings (SSSR count). The van der Waals surface area contributed by atoms with E-state index < -0.39 is 0 Å². The molecule has 0 atom stereocenters. The van der Waals surface area contributed by atoms with Crippen LogP contribution < -0.4 is 14.8 Å². The van der Waals surface area contributed by atoms with Gasteiger partial charge in [0.05, 0.1) is 13.2 Å². The van der Waals surface area contributed by atoms with Gasteiger partial charge in [-0.2, -0.15) is 0 Å². The molecule has 2 aromatic rings. The third kappa shape index (κ3) is 4.71. The molecule has 0 radical (unpaired) electrons. The number of ether oxygens (including phenoxy) is 2. The Bertz CT molecular complexity index is 668. The van der Waals surface area contributed by atoms with E-state index in [1.54, 1.807) is 30.3 Å². The summed E-state index contributed by atoms with van der Waals surface area (Å²) in [5.41, 5.74) is 1.30. The van der Waals surface area contributed by atoms with Crippen LogP contribution in [0.3, 0.4) is 0 Å². The Balaban J connectivity index is 2.05. The molecule has 0 bridgehead atoms. The molecule has 0 unspecified atom stereocenters. The fourth-order valence-electron chi connectivity index (χ4n) is 2.05. The fraction of sp³-hybridized carbons (Fsp3) is 0.278. The molecule has 0 saturated carbocycles. The minimum atomic E-state index is -0.300. The van der Waals surface area contributed by atoms with Crippen molar-refractivity contribution in [3.8, 4) is 11.5 Å². The first-order valence-electron chi connectivity index (χ1n) is 7.37. The van der Waals surface area contributed by atoms with Crippen LogP contribution in [-0.4, -0.2) is 19.1 Å². The fourth-order valence-corrected chi connectivity index (χ4v) is 2.05. The van der Waals surface area contributed by atoms with Gasteiger partial charge >= 0.3 is 0 Å². The summed E-state index contributed by atoms with van der Waals surface area (Å²) in [6.45, 7) is 4.16. The van der Waals surface area contributed by atoms with Crippen molar-refractivity contribution in [3.05, 3.63) is 59.4 Å². The van der Waals surface area contributed by atoms with E-state index in [-0.39, 0.29) is 17.8 Å². The van der Waals surface area contributed by atoms with Crippen molar-refractivity contribution in [2.75, 3.05) is 7.11 Å². The van der Waals surface area contributed by atoms with Gasteiger partial charge in [-0.3, -0.25) is 4.79 Å². The van der Waals surface area contributed by atoms with E-state index in [0.717, 1.165) is 5.56 Å². The smallest absolute Gasteiger partial charge is 0.251 e. The molecule has 1 N–H and O–H groups in total. The second kappa shape index (κ2) is 7.63. The predicted octanol–water partition coefficient (Wildman–Crippen LogP) is 3.55. The van der Waals surface area contributed by atoms with Crippen LogP contribution in [0.1, 0.15) is 29.8 Å². The van der Waals surface area contributed by atoms with Crippen molar-refractivity contribution in [1.82, 2.24) is 5.32 Å². The number of hydrogen-bond acceptors (Lipinski definition) is 3. The maximum atomic E-state index is 12.8. The normalized spacial score (nSPS) is 10.5. The van der Waals surface area contributed by atoms with E-state index in [4.69, 9.17) is 9.47 Å². The lowest BCUT2D eigenvalue weighted by Crippen LogP contribution is -2.22. The summed E-state index contributed by atoms with van der Waals surface area (Å²) in [6.07, 6.45) is 0.0158. The topological polar surface area (TPSA) is 47.6 Å². The molecule has 0 aromatic heterocycles. The first-order valence-corrected chi connectivity index (χ1v) is 7.37. The highest BCUT2D eigenvalue weighted by atomic mass is 19.1. The molecule has 4 nitrogen and oxygen atoms in total. The molecule has 0 heterocycles. The van der Waals surface area contributed by atoms with Gasteiger partial charge in [0.25, 0.3) is 5.91 Å². The van der Waals surface area contributed by atoms with Gasteiger partial charge in [0.1, 0.15) is 5.82 Å². The molecule has 0 spiro atoms. The van der Waals surface area contributed by atoms with Crippen LogP contribution in [0.4, 0.5) is 4.39 Å². The van der Waals surface area contributed by atoms with E-state index in [0.29, 0.717) is 23.6 Å². The van der Waals surface area contributed by atoms with E-state index in [2.05, 4.69) is 5.32 Å². The Labute approximate surface area is 135 Å². The summed E-state index contributed by atoms with van der Waals surface area (Å²) in [6, 6.07) is 11.0. The van der Waals surface area contributed by atoms with Gasteiger partial charge in [0, 0.05) is 12.1 Å². The van der Waals surface area contributed by atoms with Gasteiger partial charge < -0.3 is 14.8 Å². The molecule has 0 aliphatic heterocycles. The standard InChI is InChI=1S/C18H20FNO3/c1-12(2)23-16-9-6-14(10-17(16)22-3)18(21)20-11-13-4-7-15(19)8-5-13/h4-10,12H,11H2,1-3H3,(H,20,21). The highest BCUT2D eigenvalue weighted by Crippen LogP contribution is 2.28. The number of carbonyl (C=O) groups is 1. The highest BCUT2D eigenvalue weighted by Gasteiger charge is 2.12. The molecule has 5 heteroatoms. The average Bonchev–Trinajstić information content (AvgIpc) is 2.54. The number of methoxy groups -OCH3 is 1. The molecular weight excluding hydrogens is 297 g/mol. The van der Waals surface area contributed by atoms with Crippen LogP contribution >= 0.6 is 0 Å². The second-order valence-corrected chi connectivity index (χ2v) is 5.34. The number of halogens is 1. The summed E-state index contributed by atoms with van der Waals surface area (Å²) in [5, 5.41) is 2.79. The van der Waals surface area contributed by atoms with Crippen molar-refractivity contribution >= 4 is 5.91 Å². The molecule has 2 aromatic carbocycles. The Kier molecular flexibility index (Phi) is 5.57. The predicted molar refractivity (Wildman–Crippen MR) is 86.3 cm³/mol. The monoisotopic (exact) mass is 317 g/mol. The number of rotatable bonds is 6. The molecule has 1 amide bonds. The summed E-state index contributed by atoms with van der Waals surface area (Å²) in [7, 11) is 1.53. The van der Waals surface area contributed by atoms with E-state index in [1.807, 2.05) is 13.8 Å². The van der Waals surface area contributed by atoms with Gasteiger partial charge in [-0.05, 0) is 49.7 Å². The summed E-state index contributed by atoms with van der Waals surface area (Å²) >= 11 is 0. The maximum Gasteiger partial charge on any atom is 0.251 e. The summed E-state index contributed by atoms with van der Waals surface area (Å²) < 4.78 is 23.7. The first-order chi connectivity index (χ1) is 11.0. The Morgan fingerprint density at radius 1 is 1.13 bits per heavy atom.